The highest BCUT2D eigenvalue weighted by Gasteiger charge is 2.57. The number of nitrogens with zero attached hydrogens (tertiary/aromatic N) is 2. The van der Waals surface area contributed by atoms with Gasteiger partial charge in [-0.15, -0.1) is 0 Å². The van der Waals surface area contributed by atoms with Crippen molar-refractivity contribution in [3.8, 4) is 5.75 Å². The Balaban J connectivity index is 1.51. The van der Waals surface area contributed by atoms with Gasteiger partial charge < -0.3 is 9.64 Å². The number of unbranched alkanes of at least 4 members (excludes halogenated alkanes) is 1. The molecule has 2 aliphatic heterocycles. The minimum atomic E-state index is -0.524. The Kier molecular flexibility index (Phi) is 5.94. The Labute approximate surface area is 196 Å². The first-order valence-electron chi connectivity index (χ1n) is 12.1. The van der Waals surface area contributed by atoms with E-state index in [0.29, 0.717) is 0 Å². The van der Waals surface area contributed by atoms with E-state index in [9.17, 15) is 4.79 Å². The van der Waals surface area contributed by atoms with Crippen LogP contribution in [0.15, 0.2) is 72.8 Å². The molecule has 0 saturated carbocycles. The van der Waals surface area contributed by atoms with E-state index < -0.39 is 5.66 Å². The van der Waals surface area contributed by atoms with Crippen molar-refractivity contribution in [2.24, 2.45) is 0 Å². The number of benzene rings is 3. The maximum atomic E-state index is 13.4. The van der Waals surface area contributed by atoms with Crippen molar-refractivity contribution in [2.45, 2.75) is 38.3 Å². The Bertz CT molecular complexity index is 1120. The van der Waals surface area contributed by atoms with Crippen molar-refractivity contribution in [1.82, 2.24) is 9.80 Å². The topological polar surface area (TPSA) is 32.8 Å². The summed E-state index contributed by atoms with van der Waals surface area (Å²) in [4.78, 5) is 18.0. The van der Waals surface area contributed by atoms with Gasteiger partial charge in [0.25, 0.3) is 5.91 Å². The molecule has 1 unspecified atom stereocenters. The number of methoxy groups -OCH3 is 1. The van der Waals surface area contributed by atoms with Crippen LogP contribution in [0.4, 0.5) is 0 Å². The van der Waals surface area contributed by atoms with Gasteiger partial charge in [0.15, 0.2) is 0 Å². The van der Waals surface area contributed by atoms with Gasteiger partial charge in [-0.2, -0.15) is 0 Å². The van der Waals surface area contributed by atoms with Crippen LogP contribution in [0, 0.1) is 0 Å². The second kappa shape index (κ2) is 9.03. The van der Waals surface area contributed by atoms with E-state index in [0.717, 1.165) is 49.4 Å². The predicted octanol–water partition coefficient (Wildman–Crippen LogP) is 5.25. The minimum Gasteiger partial charge on any atom is -0.497 e. The maximum absolute atomic E-state index is 13.4. The summed E-state index contributed by atoms with van der Waals surface area (Å²) in [5.74, 6) is 1.02. The summed E-state index contributed by atoms with van der Waals surface area (Å²) in [7, 11) is 1.69. The molecule has 1 amide bonds. The summed E-state index contributed by atoms with van der Waals surface area (Å²) in [5.41, 5.74) is 5.25. The fourth-order valence-electron chi connectivity index (χ4n) is 5.51. The normalized spacial score (nSPS) is 19.6. The summed E-state index contributed by atoms with van der Waals surface area (Å²) in [6.45, 7) is 4.72. The first kappa shape index (κ1) is 21.7. The third-order valence-electron chi connectivity index (χ3n) is 7.22. The third-order valence-corrected chi connectivity index (χ3v) is 7.22. The molecule has 2 heterocycles. The number of fused-ring (bicyclic) bond motifs is 3. The highest BCUT2D eigenvalue weighted by molar-refractivity contribution is 6.01. The van der Waals surface area contributed by atoms with Gasteiger partial charge in [0.2, 0.25) is 0 Å². The van der Waals surface area contributed by atoms with Crippen LogP contribution in [0.5, 0.6) is 5.75 Å². The molecule has 1 fully saturated rings. The predicted molar refractivity (Wildman–Crippen MR) is 132 cm³/mol. The Morgan fingerprint density at radius 3 is 2.30 bits per heavy atom. The zero-order valence-corrected chi connectivity index (χ0v) is 19.6. The lowest BCUT2D eigenvalue weighted by Gasteiger charge is -2.41. The number of carbonyl (C=O) groups is 1. The first-order valence-corrected chi connectivity index (χ1v) is 12.1. The van der Waals surface area contributed by atoms with Crippen molar-refractivity contribution >= 4 is 5.91 Å². The van der Waals surface area contributed by atoms with Crippen LogP contribution in [0.25, 0.3) is 0 Å². The van der Waals surface area contributed by atoms with E-state index in [4.69, 9.17) is 4.74 Å². The highest BCUT2D eigenvalue weighted by Crippen LogP contribution is 2.49. The molecule has 3 aromatic carbocycles. The lowest BCUT2D eigenvalue weighted by Crippen LogP contribution is -2.49. The van der Waals surface area contributed by atoms with Crippen molar-refractivity contribution in [2.75, 3.05) is 26.7 Å². The molecule has 0 bridgehead atoms. The molecule has 0 radical (unpaired) electrons. The fraction of sp³-hybridized carbons (Fsp3) is 0.345. The lowest BCUT2D eigenvalue weighted by molar-refractivity contribution is 0.0459. The molecule has 2 aliphatic rings. The Morgan fingerprint density at radius 1 is 0.879 bits per heavy atom. The van der Waals surface area contributed by atoms with Crippen LogP contribution in [-0.4, -0.2) is 42.5 Å². The van der Waals surface area contributed by atoms with E-state index in [1.54, 1.807) is 7.11 Å². The smallest absolute Gasteiger partial charge is 0.256 e. The van der Waals surface area contributed by atoms with Crippen molar-refractivity contribution < 1.29 is 9.53 Å². The number of aryl methyl sites for hydroxylation is 1. The van der Waals surface area contributed by atoms with E-state index in [1.165, 1.54) is 29.5 Å². The van der Waals surface area contributed by atoms with Gasteiger partial charge in [-0.3, -0.25) is 9.69 Å². The molecule has 0 aromatic heterocycles. The minimum absolute atomic E-state index is 0.146. The molecule has 1 saturated heterocycles. The summed E-state index contributed by atoms with van der Waals surface area (Å²) in [6, 6.07) is 25.5. The number of ether oxygens (including phenoxy) is 1. The molecule has 0 aliphatic carbocycles. The first-order chi connectivity index (χ1) is 16.2. The fourth-order valence-corrected chi connectivity index (χ4v) is 5.51. The van der Waals surface area contributed by atoms with Crippen LogP contribution in [0.1, 0.15) is 52.4 Å². The largest absolute Gasteiger partial charge is 0.497 e. The van der Waals surface area contributed by atoms with Crippen molar-refractivity contribution in [3.63, 3.8) is 0 Å². The van der Waals surface area contributed by atoms with Gasteiger partial charge in [-0.1, -0.05) is 67.9 Å². The second-order valence-corrected chi connectivity index (χ2v) is 9.06. The van der Waals surface area contributed by atoms with Crippen LogP contribution >= 0.6 is 0 Å². The molecule has 4 nitrogen and oxygen atoms in total. The number of carbonyl (C=O) groups excluding carboxylic acids is 1. The van der Waals surface area contributed by atoms with Crippen LogP contribution < -0.4 is 4.74 Å². The van der Waals surface area contributed by atoms with Crippen LogP contribution in [0.3, 0.4) is 0 Å². The summed E-state index contributed by atoms with van der Waals surface area (Å²) < 4.78 is 5.31. The van der Waals surface area contributed by atoms with Gasteiger partial charge in [0, 0.05) is 30.8 Å². The standard InChI is InChI=1S/C29H32N2O2/c1-3-4-7-22-10-14-24(15-11-22)29-27-9-6-5-8-26(27)28(32)31(29)21-20-30(29)19-18-23-12-16-25(33-2)17-13-23/h5-6,8-17H,3-4,7,18-21H2,1-2H3. The molecule has 4 heteroatoms. The molecule has 3 aromatic rings. The molecule has 1 atom stereocenters. The van der Waals surface area contributed by atoms with Crippen LogP contribution in [0.2, 0.25) is 0 Å². The van der Waals surface area contributed by atoms with Gasteiger partial charge in [-0.25, -0.2) is 0 Å². The lowest BCUT2D eigenvalue weighted by atomic mass is 9.88. The number of amides is 1. The maximum Gasteiger partial charge on any atom is 0.256 e. The quantitative estimate of drug-likeness (QED) is 0.479. The molecule has 5 rings (SSSR count). The van der Waals surface area contributed by atoms with E-state index in [-0.39, 0.29) is 5.91 Å². The number of rotatable bonds is 8. The molecule has 0 spiro atoms. The van der Waals surface area contributed by atoms with Crippen molar-refractivity contribution in [1.29, 1.82) is 0 Å². The molecular weight excluding hydrogens is 408 g/mol. The highest BCUT2D eigenvalue weighted by atomic mass is 16.5. The Morgan fingerprint density at radius 2 is 1.58 bits per heavy atom. The zero-order valence-electron chi connectivity index (χ0n) is 19.6. The average molecular weight is 441 g/mol. The van der Waals surface area contributed by atoms with Gasteiger partial charge in [-0.05, 0) is 54.2 Å². The third kappa shape index (κ3) is 3.63. The molecule has 0 N–H and O–H groups in total. The van der Waals surface area contributed by atoms with Gasteiger partial charge in [0.05, 0.1) is 7.11 Å². The monoisotopic (exact) mass is 440 g/mol. The van der Waals surface area contributed by atoms with Gasteiger partial charge >= 0.3 is 0 Å². The number of hydrogen-bond acceptors (Lipinski definition) is 3. The SMILES string of the molecule is CCCCc1ccc(C23c4ccccc4C(=O)N2CCN3CCc2ccc(OC)cc2)cc1. The molecule has 33 heavy (non-hydrogen) atoms. The number of hydrogen-bond donors (Lipinski definition) is 0. The van der Waals surface area contributed by atoms with E-state index in [2.05, 4.69) is 65.3 Å². The molecule has 170 valence electrons. The average Bonchev–Trinajstić information content (AvgIpc) is 3.37. The van der Waals surface area contributed by atoms with Crippen molar-refractivity contribution in [3.05, 3.63) is 101 Å². The summed E-state index contributed by atoms with van der Waals surface area (Å²) >= 11 is 0. The second-order valence-electron chi connectivity index (χ2n) is 9.06. The van der Waals surface area contributed by atoms with Crippen LogP contribution in [-0.2, 0) is 18.5 Å². The van der Waals surface area contributed by atoms with E-state index in [1.807, 2.05) is 24.3 Å². The molecular formula is C29H32N2O2. The summed E-state index contributed by atoms with van der Waals surface area (Å²) in [5, 5.41) is 0. The zero-order chi connectivity index (χ0) is 22.8. The Hall–Kier alpha value is -3.11. The van der Waals surface area contributed by atoms with Gasteiger partial charge in [0.1, 0.15) is 11.4 Å². The summed E-state index contributed by atoms with van der Waals surface area (Å²) in [6.07, 6.45) is 4.42. The van der Waals surface area contributed by atoms with E-state index >= 15 is 0 Å².